The lowest BCUT2D eigenvalue weighted by Gasteiger charge is -2.09. The van der Waals surface area contributed by atoms with Crippen molar-refractivity contribution < 1.29 is 4.74 Å². The number of unbranched alkanes of at least 4 members (excludes halogenated alkanes) is 4. The topological polar surface area (TPSA) is 37.9 Å². The van der Waals surface area contributed by atoms with Gasteiger partial charge in [0.1, 0.15) is 11.6 Å². The van der Waals surface area contributed by atoms with Gasteiger partial charge in [0.25, 0.3) is 0 Å². The first kappa shape index (κ1) is 18.1. The Kier molecular flexibility index (Phi) is 6.22. The molecule has 0 bridgehead atoms. The molecule has 0 aliphatic rings. The second kappa shape index (κ2) is 8.59. The number of halogens is 2. The van der Waals surface area contributed by atoms with E-state index < -0.39 is 0 Å². The van der Waals surface area contributed by atoms with Crippen LogP contribution in [0.4, 0.5) is 0 Å². The van der Waals surface area contributed by atoms with Crippen LogP contribution in [-0.2, 0) is 0 Å². The average Bonchev–Trinajstić information content (AvgIpc) is 3.01. The van der Waals surface area contributed by atoms with Crippen LogP contribution in [0.25, 0.3) is 22.4 Å². The van der Waals surface area contributed by atoms with Crippen LogP contribution in [0.1, 0.15) is 39.0 Å². The van der Waals surface area contributed by atoms with Gasteiger partial charge in [-0.3, -0.25) is 0 Å². The molecular weight excluding hydrogens is 355 g/mol. The molecule has 0 unspecified atom stereocenters. The largest absolute Gasteiger partial charge is 0.493 e. The van der Waals surface area contributed by atoms with Gasteiger partial charge >= 0.3 is 0 Å². The number of benzene rings is 2. The first-order valence-corrected chi connectivity index (χ1v) is 9.51. The summed E-state index contributed by atoms with van der Waals surface area (Å²) in [5.74, 6) is 1.60. The third kappa shape index (κ3) is 4.47. The molecule has 0 atom stereocenters. The van der Waals surface area contributed by atoms with Gasteiger partial charge in [-0.15, -0.1) is 0 Å². The summed E-state index contributed by atoms with van der Waals surface area (Å²) in [6, 6.07) is 11.5. The van der Waals surface area contributed by atoms with Crippen molar-refractivity contribution in [3.63, 3.8) is 0 Å². The molecule has 1 heterocycles. The highest BCUT2D eigenvalue weighted by Crippen LogP contribution is 2.32. The first-order chi connectivity index (χ1) is 12.2. The molecule has 0 saturated carbocycles. The van der Waals surface area contributed by atoms with Gasteiger partial charge in [0.2, 0.25) is 0 Å². The van der Waals surface area contributed by atoms with E-state index in [0.29, 0.717) is 10.0 Å². The molecule has 3 rings (SSSR count). The van der Waals surface area contributed by atoms with Crippen molar-refractivity contribution in [2.24, 2.45) is 0 Å². The number of H-pyrrole nitrogens is 1. The Morgan fingerprint density at radius 2 is 1.76 bits per heavy atom. The minimum absolute atomic E-state index is 0.504. The van der Waals surface area contributed by atoms with Crippen molar-refractivity contribution in [3.05, 3.63) is 46.4 Å². The Morgan fingerprint density at radius 1 is 1.00 bits per heavy atom. The van der Waals surface area contributed by atoms with E-state index in [1.807, 2.05) is 24.3 Å². The van der Waals surface area contributed by atoms with Crippen LogP contribution in [0.5, 0.6) is 5.75 Å². The number of aromatic amines is 1. The molecule has 5 heteroatoms. The summed E-state index contributed by atoms with van der Waals surface area (Å²) < 4.78 is 6.00. The Bertz CT molecular complexity index is 806. The zero-order valence-corrected chi connectivity index (χ0v) is 15.8. The van der Waals surface area contributed by atoms with Crippen molar-refractivity contribution in [1.82, 2.24) is 9.97 Å². The van der Waals surface area contributed by atoms with Gasteiger partial charge in [0.15, 0.2) is 0 Å². The Hall–Kier alpha value is -1.71. The maximum absolute atomic E-state index is 6.09. The highest BCUT2D eigenvalue weighted by Gasteiger charge is 2.12. The minimum Gasteiger partial charge on any atom is -0.493 e. The number of ether oxygens (including phenoxy) is 1. The lowest BCUT2D eigenvalue weighted by atomic mass is 10.1. The van der Waals surface area contributed by atoms with Crippen LogP contribution < -0.4 is 4.74 Å². The maximum Gasteiger partial charge on any atom is 0.142 e. The summed E-state index contributed by atoms with van der Waals surface area (Å²) in [6.07, 6.45) is 6.09. The summed E-state index contributed by atoms with van der Waals surface area (Å²) in [6.45, 7) is 2.94. The number of nitrogens with zero attached hydrogens (tertiary/aromatic N) is 1. The zero-order chi connectivity index (χ0) is 17.6. The molecule has 0 fully saturated rings. The van der Waals surface area contributed by atoms with E-state index in [2.05, 4.69) is 16.9 Å². The molecule has 3 aromatic rings. The fourth-order valence-corrected chi connectivity index (χ4v) is 3.13. The molecular formula is C20H22Cl2N2O. The van der Waals surface area contributed by atoms with E-state index in [9.17, 15) is 0 Å². The van der Waals surface area contributed by atoms with Crippen molar-refractivity contribution in [1.29, 1.82) is 0 Å². The smallest absolute Gasteiger partial charge is 0.142 e. The van der Waals surface area contributed by atoms with E-state index in [1.165, 1.54) is 25.7 Å². The second-order valence-corrected chi connectivity index (χ2v) is 6.94. The summed E-state index contributed by atoms with van der Waals surface area (Å²) in [7, 11) is 0. The first-order valence-electron chi connectivity index (χ1n) is 8.76. The lowest BCUT2D eigenvalue weighted by molar-refractivity contribution is 0.305. The Labute approximate surface area is 158 Å². The maximum atomic E-state index is 6.09. The molecule has 2 aromatic carbocycles. The van der Waals surface area contributed by atoms with Gasteiger partial charge in [-0.1, -0.05) is 67.9 Å². The number of hydrogen-bond acceptors (Lipinski definition) is 2. The van der Waals surface area contributed by atoms with Crippen LogP contribution in [0.3, 0.4) is 0 Å². The van der Waals surface area contributed by atoms with Gasteiger partial charge < -0.3 is 9.72 Å². The molecule has 0 spiro atoms. The number of para-hydroxylation sites is 1. The van der Waals surface area contributed by atoms with E-state index >= 15 is 0 Å². The molecule has 0 amide bonds. The SMILES string of the molecule is CCCCCCCOc1ccccc1-c1nc2cc(Cl)c(Cl)cc2[nH]1. The Morgan fingerprint density at radius 3 is 2.60 bits per heavy atom. The summed E-state index contributed by atoms with van der Waals surface area (Å²) >= 11 is 12.2. The molecule has 0 radical (unpaired) electrons. The van der Waals surface area contributed by atoms with E-state index in [4.69, 9.17) is 27.9 Å². The van der Waals surface area contributed by atoms with Crippen molar-refractivity contribution in [2.75, 3.05) is 6.61 Å². The van der Waals surface area contributed by atoms with Gasteiger partial charge in [0, 0.05) is 0 Å². The Balaban J connectivity index is 1.76. The summed E-state index contributed by atoms with van der Waals surface area (Å²) in [5, 5.41) is 1.02. The highest BCUT2D eigenvalue weighted by atomic mass is 35.5. The van der Waals surface area contributed by atoms with Gasteiger partial charge in [-0.25, -0.2) is 4.98 Å². The summed E-state index contributed by atoms with van der Waals surface area (Å²) in [4.78, 5) is 7.94. The minimum atomic E-state index is 0.504. The zero-order valence-electron chi connectivity index (χ0n) is 14.3. The second-order valence-electron chi connectivity index (χ2n) is 6.13. The lowest BCUT2D eigenvalue weighted by Crippen LogP contribution is -1.99. The number of aromatic nitrogens is 2. The molecule has 1 N–H and O–H groups in total. The van der Waals surface area contributed by atoms with Crippen LogP contribution in [0, 0.1) is 0 Å². The third-order valence-electron chi connectivity index (χ3n) is 4.17. The van der Waals surface area contributed by atoms with Crippen LogP contribution in [0.2, 0.25) is 10.0 Å². The average molecular weight is 377 g/mol. The fraction of sp³-hybridized carbons (Fsp3) is 0.350. The number of hydrogen-bond donors (Lipinski definition) is 1. The number of imidazole rings is 1. The van der Waals surface area contributed by atoms with Crippen molar-refractivity contribution in [2.45, 2.75) is 39.0 Å². The predicted octanol–water partition coefficient (Wildman–Crippen LogP) is 6.89. The van der Waals surface area contributed by atoms with Gasteiger partial charge in [-0.05, 0) is 30.7 Å². The molecule has 132 valence electrons. The molecule has 0 aliphatic heterocycles. The normalized spacial score (nSPS) is 11.2. The third-order valence-corrected chi connectivity index (χ3v) is 4.89. The van der Waals surface area contributed by atoms with Crippen molar-refractivity contribution >= 4 is 34.2 Å². The van der Waals surface area contributed by atoms with Crippen LogP contribution in [0.15, 0.2) is 36.4 Å². The fourth-order valence-electron chi connectivity index (χ4n) is 2.81. The van der Waals surface area contributed by atoms with Crippen molar-refractivity contribution in [3.8, 4) is 17.1 Å². The van der Waals surface area contributed by atoms with Crippen LogP contribution >= 0.6 is 23.2 Å². The quantitative estimate of drug-likeness (QED) is 0.434. The number of fused-ring (bicyclic) bond motifs is 1. The summed E-state index contributed by atoms with van der Waals surface area (Å²) in [5.41, 5.74) is 2.59. The van der Waals surface area contributed by atoms with Gasteiger partial charge in [0.05, 0.1) is 33.2 Å². The highest BCUT2D eigenvalue weighted by molar-refractivity contribution is 6.42. The van der Waals surface area contributed by atoms with Gasteiger partial charge in [-0.2, -0.15) is 0 Å². The number of nitrogens with one attached hydrogen (secondary N) is 1. The van der Waals surface area contributed by atoms with E-state index in [-0.39, 0.29) is 0 Å². The predicted molar refractivity (Wildman–Crippen MR) is 106 cm³/mol. The molecule has 0 aliphatic carbocycles. The monoisotopic (exact) mass is 376 g/mol. The van der Waals surface area contributed by atoms with E-state index in [0.717, 1.165) is 41.2 Å². The molecule has 1 aromatic heterocycles. The standard InChI is InChI=1S/C20H22Cl2N2O/c1-2-3-4-5-8-11-25-19-10-7-6-9-14(19)20-23-17-12-15(21)16(22)13-18(17)24-20/h6-7,9-10,12-13H,2-5,8,11H2,1H3,(H,23,24). The molecule has 0 saturated heterocycles. The van der Waals surface area contributed by atoms with Crippen LogP contribution in [-0.4, -0.2) is 16.6 Å². The molecule has 3 nitrogen and oxygen atoms in total. The molecule has 25 heavy (non-hydrogen) atoms. The number of rotatable bonds is 8. The van der Waals surface area contributed by atoms with E-state index in [1.54, 1.807) is 12.1 Å².